The van der Waals surface area contributed by atoms with E-state index in [4.69, 9.17) is 24.5 Å². The third-order valence-corrected chi connectivity index (χ3v) is 6.92. The molecule has 5 aromatic carbocycles. The molecule has 0 aliphatic rings. The summed E-state index contributed by atoms with van der Waals surface area (Å²) < 4.78 is 28.6. The molecule has 0 amide bonds. The van der Waals surface area contributed by atoms with Crippen LogP contribution in [0.2, 0.25) is 0 Å². The van der Waals surface area contributed by atoms with Gasteiger partial charge in [0.2, 0.25) is 0 Å². The molecule has 0 spiro atoms. The Kier molecular flexibility index (Phi) is 8.60. The lowest BCUT2D eigenvalue weighted by Gasteiger charge is -2.17. The molecule has 0 radical (unpaired) electrons. The standard InChI is InChI=1S/C34H19N4O6P/c35-18-24-8-14-30(16-26(24)20-37)42-28-10-4-22(5-11-28)32-2-1-3-33(44-45(39,40)41)34(32)23-6-12-29(13-7-23)43-31-15-9-25(19-36)27(17-31)21-38/h1-17H,(H2,39,40,41). The van der Waals surface area contributed by atoms with Crippen molar-refractivity contribution in [2.75, 3.05) is 0 Å². The van der Waals surface area contributed by atoms with Crippen LogP contribution in [0.1, 0.15) is 22.3 Å². The van der Waals surface area contributed by atoms with E-state index in [1.54, 1.807) is 72.8 Å². The summed E-state index contributed by atoms with van der Waals surface area (Å²) in [5, 5.41) is 36.9. The number of phosphoric ester groups is 1. The molecule has 0 heterocycles. The Morgan fingerprint density at radius 1 is 0.533 bits per heavy atom. The van der Waals surface area contributed by atoms with Crippen LogP contribution in [0.5, 0.6) is 28.7 Å². The second-order valence-corrected chi connectivity index (χ2v) is 10.5. The van der Waals surface area contributed by atoms with Crippen LogP contribution in [0.4, 0.5) is 0 Å². The Balaban J connectivity index is 1.47. The van der Waals surface area contributed by atoms with Gasteiger partial charge in [0.1, 0.15) is 53.0 Å². The molecule has 5 aromatic rings. The van der Waals surface area contributed by atoms with Gasteiger partial charge in [-0.2, -0.15) is 21.0 Å². The highest BCUT2D eigenvalue weighted by atomic mass is 31.2. The normalized spacial score (nSPS) is 10.4. The molecule has 11 heteroatoms. The molecule has 0 fully saturated rings. The zero-order valence-electron chi connectivity index (χ0n) is 23.1. The van der Waals surface area contributed by atoms with Crippen LogP contribution in [0.15, 0.2) is 103 Å². The van der Waals surface area contributed by atoms with Gasteiger partial charge in [0, 0.05) is 5.56 Å². The number of nitriles is 4. The van der Waals surface area contributed by atoms with Gasteiger partial charge in [-0.25, -0.2) is 4.57 Å². The molecule has 0 saturated heterocycles. The van der Waals surface area contributed by atoms with Crippen molar-refractivity contribution in [1.82, 2.24) is 0 Å². The van der Waals surface area contributed by atoms with E-state index in [-0.39, 0.29) is 28.0 Å². The van der Waals surface area contributed by atoms with Crippen molar-refractivity contribution in [2.24, 2.45) is 0 Å². The predicted molar refractivity (Wildman–Crippen MR) is 162 cm³/mol. The summed E-state index contributed by atoms with van der Waals surface area (Å²) in [4.78, 5) is 19.2. The highest BCUT2D eigenvalue weighted by molar-refractivity contribution is 7.46. The highest BCUT2D eigenvalue weighted by Crippen LogP contribution is 2.46. The Morgan fingerprint density at radius 2 is 0.978 bits per heavy atom. The first kappa shape index (κ1) is 30.1. The molecule has 10 nitrogen and oxygen atoms in total. The summed E-state index contributed by atoms with van der Waals surface area (Å²) in [5.41, 5.74) is 3.13. The maximum Gasteiger partial charge on any atom is 0.524 e. The van der Waals surface area contributed by atoms with Crippen LogP contribution in [-0.2, 0) is 4.57 Å². The van der Waals surface area contributed by atoms with E-state index in [9.17, 15) is 24.9 Å². The fourth-order valence-electron chi connectivity index (χ4n) is 4.49. The third-order valence-electron chi connectivity index (χ3n) is 6.49. The minimum Gasteiger partial charge on any atom is -0.457 e. The van der Waals surface area contributed by atoms with Crippen molar-refractivity contribution in [3.63, 3.8) is 0 Å². The molecular formula is C34H19N4O6P. The summed E-state index contributed by atoms with van der Waals surface area (Å²) in [5.74, 6) is 1.58. The van der Waals surface area contributed by atoms with E-state index in [1.807, 2.05) is 24.3 Å². The van der Waals surface area contributed by atoms with Crippen molar-refractivity contribution >= 4 is 7.82 Å². The van der Waals surface area contributed by atoms with Crippen LogP contribution < -0.4 is 14.0 Å². The fourth-order valence-corrected chi connectivity index (χ4v) is 4.90. The van der Waals surface area contributed by atoms with E-state index in [0.717, 1.165) is 0 Å². The summed E-state index contributed by atoms with van der Waals surface area (Å²) in [7, 11) is -4.91. The van der Waals surface area contributed by atoms with Crippen LogP contribution in [0.25, 0.3) is 22.3 Å². The zero-order valence-corrected chi connectivity index (χ0v) is 24.0. The molecule has 216 valence electrons. The van der Waals surface area contributed by atoms with Gasteiger partial charge in [0.05, 0.1) is 22.3 Å². The quantitative estimate of drug-likeness (QED) is 0.166. The molecular weight excluding hydrogens is 591 g/mol. The van der Waals surface area contributed by atoms with E-state index in [1.165, 1.54) is 30.3 Å². The minimum atomic E-state index is -4.91. The Bertz CT molecular complexity index is 2130. The van der Waals surface area contributed by atoms with Crippen LogP contribution >= 0.6 is 7.82 Å². The first-order chi connectivity index (χ1) is 21.7. The number of phosphoric acid groups is 1. The number of ether oxygens (including phenoxy) is 2. The van der Waals surface area contributed by atoms with Crippen LogP contribution in [-0.4, -0.2) is 9.79 Å². The van der Waals surface area contributed by atoms with Gasteiger partial charge in [-0.05, 0) is 83.4 Å². The molecule has 0 aromatic heterocycles. The van der Waals surface area contributed by atoms with Gasteiger partial charge in [0.15, 0.2) is 0 Å². The Hall–Kier alpha value is -6.39. The topological polar surface area (TPSA) is 180 Å². The van der Waals surface area contributed by atoms with E-state index in [0.29, 0.717) is 45.3 Å². The molecule has 0 bridgehead atoms. The SMILES string of the molecule is N#Cc1ccc(Oc2ccc(-c3cccc(OP(=O)(O)O)c3-c3ccc(Oc4ccc(C#N)c(C#N)c4)cc3)cc2)cc1C#N. The van der Waals surface area contributed by atoms with Crippen molar-refractivity contribution < 1.29 is 28.3 Å². The predicted octanol–water partition coefficient (Wildman–Crippen LogP) is 7.56. The largest absolute Gasteiger partial charge is 0.524 e. The smallest absolute Gasteiger partial charge is 0.457 e. The van der Waals surface area contributed by atoms with Gasteiger partial charge in [-0.3, -0.25) is 9.79 Å². The van der Waals surface area contributed by atoms with Crippen molar-refractivity contribution in [3.8, 4) is 75.3 Å². The van der Waals surface area contributed by atoms with Gasteiger partial charge in [-0.1, -0.05) is 36.4 Å². The van der Waals surface area contributed by atoms with E-state index < -0.39 is 7.82 Å². The van der Waals surface area contributed by atoms with Gasteiger partial charge >= 0.3 is 7.82 Å². The fraction of sp³-hybridized carbons (Fsp3) is 0. The zero-order chi connectivity index (χ0) is 32.0. The van der Waals surface area contributed by atoms with Crippen LogP contribution in [0.3, 0.4) is 0 Å². The van der Waals surface area contributed by atoms with E-state index in [2.05, 4.69) is 0 Å². The summed E-state index contributed by atoms with van der Waals surface area (Å²) in [6.07, 6.45) is 0. The maximum absolute atomic E-state index is 11.8. The molecule has 2 N–H and O–H groups in total. The number of nitrogens with zero attached hydrogens (tertiary/aromatic N) is 4. The molecule has 0 saturated carbocycles. The third kappa shape index (κ3) is 6.99. The van der Waals surface area contributed by atoms with Crippen molar-refractivity contribution in [3.05, 3.63) is 125 Å². The van der Waals surface area contributed by atoms with Gasteiger partial charge in [-0.15, -0.1) is 0 Å². The van der Waals surface area contributed by atoms with Crippen molar-refractivity contribution in [1.29, 1.82) is 21.0 Å². The van der Waals surface area contributed by atoms with E-state index >= 15 is 0 Å². The minimum absolute atomic E-state index is 0.0396. The number of rotatable bonds is 8. The Labute approximate surface area is 257 Å². The molecule has 5 rings (SSSR count). The Morgan fingerprint density at radius 3 is 1.42 bits per heavy atom. The number of hydrogen-bond acceptors (Lipinski definition) is 8. The first-order valence-electron chi connectivity index (χ1n) is 13.0. The lowest BCUT2D eigenvalue weighted by molar-refractivity contribution is 0.283. The van der Waals surface area contributed by atoms with Gasteiger partial charge < -0.3 is 14.0 Å². The van der Waals surface area contributed by atoms with Crippen molar-refractivity contribution in [2.45, 2.75) is 0 Å². The maximum atomic E-state index is 11.8. The molecule has 0 aliphatic carbocycles. The summed E-state index contributed by atoms with van der Waals surface area (Å²) >= 11 is 0. The second-order valence-electron chi connectivity index (χ2n) is 9.38. The molecule has 0 aliphatic heterocycles. The molecule has 0 unspecified atom stereocenters. The average Bonchev–Trinajstić information content (AvgIpc) is 3.04. The number of benzene rings is 5. The summed E-state index contributed by atoms with van der Waals surface area (Å²) in [6.45, 7) is 0. The van der Waals surface area contributed by atoms with Gasteiger partial charge in [0.25, 0.3) is 0 Å². The monoisotopic (exact) mass is 610 g/mol. The lowest BCUT2D eigenvalue weighted by Crippen LogP contribution is -1.95. The lowest BCUT2D eigenvalue weighted by atomic mass is 9.93. The number of hydrogen-bond donors (Lipinski definition) is 2. The average molecular weight is 611 g/mol. The molecule has 0 atom stereocenters. The second kappa shape index (κ2) is 12.9. The van der Waals surface area contributed by atoms with Crippen LogP contribution in [0, 0.1) is 45.3 Å². The first-order valence-corrected chi connectivity index (χ1v) is 14.6. The summed E-state index contributed by atoms with van der Waals surface area (Å²) in [6, 6.07) is 35.4. The highest BCUT2D eigenvalue weighted by Gasteiger charge is 2.22. The molecule has 45 heavy (non-hydrogen) atoms.